The van der Waals surface area contributed by atoms with Gasteiger partial charge in [-0.25, -0.2) is 8.78 Å². The number of hydrogen-bond donors (Lipinski definition) is 0. The molecule has 0 spiro atoms. The smallest absolute Gasteiger partial charge is 0.276 e. The first kappa shape index (κ1) is 16.9. The van der Waals surface area contributed by atoms with Gasteiger partial charge < -0.3 is 4.90 Å². The van der Waals surface area contributed by atoms with Crippen molar-refractivity contribution in [3.63, 3.8) is 0 Å². The Balaban J connectivity index is 1.44. The number of likely N-dealkylation sites (tertiary alicyclic amines) is 2. The number of hydrogen-bond acceptors (Lipinski definition) is 4. The molecule has 1 aliphatic carbocycles. The van der Waals surface area contributed by atoms with Gasteiger partial charge in [0.1, 0.15) is 0 Å². The van der Waals surface area contributed by atoms with Crippen LogP contribution < -0.4 is 0 Å². The summed E-state index contributed by atoms with van der Waals surface area (Å²) < 4.78 is 29.5. The van der Waals surface area contributed by atoms with Crippen LogP contribution in [0, 0.1) is 0 Å². The monoisotopic (exact) mass is 353 g/mol. The molecule has 138 valence electrons. The van der Waals surface area contributed by atoms with Gasteiger partial charge in [-0.1, -0.05) is 18.1 Å². The molecule has 6 nitrogen and oxygen atoms in total. The van der Waals surface area contributed by atoms with Crippen molar-refractivity contribution >= 4 is 5.91 Å². The minimum absolute atomic E-state index is 0.104. The number of amides is 1. The van der Waals surface area contributed by atoms with Crippen LogP contribution in [0.3, 0.4) is 0 Å². The molecular formula is C17H25F2N5O. The molecule has 4 rings (SSSR count). The van der Waals surface area contributed by atoms with Crippen LogP contribution in [0.15, 0.2) is 6.20 Å². The molecule has 3 aliphatic rings. The van der Waals surface area contributed by atoms with Gasteiger partial charge in [0.05, 0.1) is 19.3 Å². The van der Waals surface area contributed by atoms with E-state index in [-0.39, 0.29) is 31.0 Å². The molecule has 1 saturated carbocycles. The Hall–Kier alpha value is -1.57. The number of nitrogens with zero attached hydrogens (tertiary/aromatic N) is 5. The first-order chi connectivity index (χ1) is 12.0. The summed E-state index contributed by atoms with van der Waals surface area (Å²) in [6, 6.07) is 0.0159. The third kappa shape index (κ3) is 3.54. The van der Waals surface area contributed by atoms with Crippen molar-refractivity contribution in [2.45, 2.75) is 69.5 Å². The van der Waals surface area contributed by atoms with Crippen LogP contribution >= 0.6 is 0 Å². The number of carbonyl (C=O) groups excluding carboxylic acids is 1. The Labute approximate surface area is 146 Å². The van der Waals surface area contributed by atoms with Crippen molar-refractivity contribution in [1.29, 1.82) is 0 Å². The SMILES string of the molecule is O=C(c1cn(C[C@@H]2CC(F)(F)CN2C2CCCC2)nn1)N1CCCC1. The molecule has 0 aromatic carbocycles. The van der Waals surface area contributed by atoms with E-state index in [0.717, 1.165) is 51.6 Å². The van der Waals surface area contributed by atoms with Crippen molar-refractivity contribution in [3.05, 3.63) is 11.9 Å². The van der Waals surface area contributed by atoms with Gasteiger partial charge in [-0.15, -0.1) is 5.10 Å². The number of halogens is 2. The lowest BCUT2D eigenvalue weighted by atomic mass is 10.1. The van der Waals surface area contributed by atoms with Gasteiger partial charge in [-0.2, -0.15) is 0 Å². The maximum Gasteiger partial charge on any atom is 0.276 e. The lowest BCUT2D eigenvalue weighted by Gasteiger charge is -2.29. The molecule has 0 bridgehead atoms. The Bertz CT molecular complexity index is 622. The van der Waals surface area contributed by atoms with Crippen LogP contribution in [0.2, 0.25) is 0 Å². The molecular weight excluding hydrogens is 328 g/mol. The summed E-state index contributed by atoms with van der Waals surface area (Å²) in [5, 5.41) is 8.01. The second-order valence-electron chi connectivity index (χ2n) is 7.65. The summed E-state index contributed by atoms with van der Waals surface area (Å²) in [6.07, 6.45) is 7.77. The quantitative estimate of drug-likeness (QED) is 0.832. The van der Waals surface area contributed by atoms with E-state index in [1.807, 2.05) is 4.90 Å². The highest BCUT2D eigenvalue weighted by Crippen LogP contribution is 2.37. The molecule has 8 heteroatoms. The number of rotatable bonds is 4. The summed E-state index contributed by atoms with van der Waals surface area (Å²) in [5.74, 6) is -2.74. The number of aromatic nitrogens is 3. The van der Waals surface area contributed by atoms with Crippen molar-refractivity contribution < 1.29 is 13.6 Å². The zero-order valence-electron chi connectivity index (χ0n) is 14.4. The van der Waals surface area contributed by atoms with Crippen molar-refractivity contribution in [3.8, 4) is 0 Å². The topological polar surface area (TPSA) is 54.3 Å². The van der Waals surface area contributed by atoms with Crippen molar-refractivity contribution in [1.82, 2.24) is 24.8 Å². The highest BCUT2D eigenvalue weighted by Gasteiger charge is 2.47. The Morgan fingerprint density at radius 2 is 1.92 bits per heavy atom. The molecule has 3 heterocycles. The van der Waals surface area contributed by atoms with Crippen LogP contribution in [-0.4, -0.2) is 68.3 Å². The zero-order valence-corrected chi connectivity index (χ0v) is 14.4. The summed E-state index contributed by atoms with van der Waals surface area (Å²) in [6.45, 7) is 1.73. The predicted octanol–water partition coefficient (Wildman–Crippen LogP) is 2.17. The largest absolute Gasteiger partial charge is 0.337 e. The maximum absolute atomic E-state index is 14.0. The van der Waals surface area contributed by atoms with Gasteiger partial charge in [0, 0.05) is 31.6 Å². The molecule has 0 N–H and O–H groups in total. The standard InChI is InChI=1S/C17H25F2N5O/c18-17(19)9-14(24(12-17)13-5-1-2-6-13)10-23-11-15(20-21-23)16(25)22-7-3-4-8-22/h11,13-14H,1-10,12H2/t14-/m0/s1. The first-order valence-corrected chi connectivity index (χ1v) is 9.35. The van der Waals surface area contributed by atoms with E-state index in [9.17, 15) is 13.6 Å². The lowest BCUT2D eigenvalue weighted by Crippen LogP contribution is -2.40. The minimum atomic E-state index is -2.64. The average Bonchev–Trinajstić information content (AvgIpc) is 3.35. The number of alkyl halides is 2. The number of carbonyl (C=O) groups is 1. The highest BCUT2D eigenvalue weighted by molar-refractivity contribution is 5.92. The first-order valence-electron chi connectivity index (χ1n) is 9.35. The van der Waals surface area contributed by atoms with E-state index in [1.54, 1.807) is 15.8 Å². The molecule has 0 radical (unpaired) electrons. The Morgan fingerprint density at radius 1 is 1.20 bits per heavy atom. The second kappa shape index (κ2) is 6.63. The van der Waals surface area contributed by atoms with Crippen LogP contribution in [0.25, 0.3) is 0 Å². The fourth-order valence-electron chi connectivity index (χ4n) is 4.54. The minimum Gasteiger partial charge on any atom is -0.337 e. The predicted molar refractivity (Wildman–Crippen MR) is 87.5 cm³/mol. The van der Waals surface area contributed by atoms with Crippen molar-refractivity contribution in [2.24, 2.45) is 0 Å². The molecule has 3 fully saturated rings. The molecule has 0 unspecified atom stereocenters. The summed E-state index contributed by atoms with van der Waals surface area (Å²) in [5.41, 5.74) is 0.319. The average molecular weight is 353 g/mol. The molecule has 25 heavy (non-hydrogen) atoms. The molecule has 1 amide bonds. The third-order valence-electron chi connectivity index (χ3n) is 5.76. The zero-order chi connectivity index (χ0) is 17.4. The van der Waals surface area contributed by atoms with E-state index in [4.69, 9.17) is 0 Å². The van der Waals surface area contributed by atoms with E-state index < -0.39 is 5.92 Å². The van der Waals surface area contributed by atoms with Crippen LogP contribution in [0.1, 0.15) is 55.4 Å². The molecule has 1 atom stereocenters. The van der Waals surface area contributed by atoms with Gasteiger partial charge >= 0.3 is 0 Å². The van der Waals surface area contributed by atoms with Crippen LogP contribution in [0.4, 0.5) is 8.78 Å². The molecule has 1 aromatic heterocycles. The van der Waals surface area contributed by atoms with E-state index >= 15 is 0 Å². The van der Waals surface area contributed by atoms with Gasteiger partial charge in [0.2, 0.25) is 0 Å². The van der Waals surface area contributed by atoms with Crippen LogP contribution in [-0.2, 0) is 6.54 Å². The molecule has 2 aliphatic heterocycles. The maximum atomic E-state index is 14.0. The van der Waals surface area contributed by atoms with E-state index in [0.29, 0.717) is 12.2 Å². The van der Waals surface area contributed by atoms with E-state index in [2.05, 4.69) is 10.3 Å². The normalized spacial score (nSPS) is 27.4. The van der Waals surface area contributed by atoms with Crippen molar-refractivity contribution in [2.75, 3.05) is 19.6 Å². The van der Waals surface area contributed by atoms with Gasteiger partial charge in [0.25, 0.3) is 11.8 Å². The fourth-order valence-corrected chi connectivity index (χ4v) is 4.54. The summed E-state index contributed by atoms with van der Waals surface area (Å²) >= 11 is 0. The molecule has 1 aromatic rings. The van der Waals surface area contributed by atoms with Gasteiger partial charge in [0.15, 0.2) is 5.69 Å². The Kier molecular flexibility index (Phi) is 4.47. The second-order valence-corrected chi connectivity index (χ2v) is 7.65. The third-order valence-corrected chi connectivity index (χ3v) is 5.76. The summed E-state index contributed by atoms with van der Waals surface area (Å²) in [7, 11) is 0. The fraction of sp³-hybridized carbons (Fsp3) is 0.824. The lowest BCUT2D eigenvalue weighted by molar-refractivity contribution is 0.00790. The summed E-state index contributed by atoms with van der Waals surface area (Å²) in [4.78, 5) is 16.1. The Morgan fingerprint density at radius 3 is 2.64 bits per heavy atom. The highest BCUT2D eigenvalue weighted by atomic mass is 19.3. The van der Waals surface area contributed by atoms with E-state index in [1.165, 1.54) is 0 Å². The van der Waals surface area contributed by atoms with Crippen LogP contribution in [0.5, 0.6) is 0 Å². The molecule has 2 saturated heterocycles. The van der Waals surface area contributed by atoms with Gasteiger partial charge in [-0.05, 0) is 25.7 Å². The van der Waals surface area contributed by atoms with Gasteiger partial charge in [-0.3, -0.25) is 14.4 Å².